The summed E-state index contributed by atoms with van der Waals surface area (Å²) in [5, 5.41) is 21.8. The van der Waals surface area contributed by atoms with Crippen LogP contribution in [0.2, 0.25) is 0 Å². The number of rotatable bonds is 10. The maximum Gasteiger partial charge on any atom is 0.240 e. The van der Waals surface area contributed by atoms with Crippen LogP contribution in [-0.4, -0.2) is 45.6 Å². The first-order chi connectivity index (χ1) is 19.3. The first kappa shape index (κ1) is 28.4. The van der Waals surface area contributed by atoms with Crippen LogP contribution >= 0.6 is 11.8 Å². The van der Waals surface area contributed by atoms with Crippen LogP contribution in [0.1, 0.15) is 41.6 Å². The first-order valence-electron chi connectivity index (χ1n) is 12.8. The van der Waals surface area contributed by atoms with Gasteiger partial charge < -0.3 is 14.6 Å². The molecule has 210 valence electrons. The lowest BCUT2D eigenvalue weighted by Crippen LogP contribution is -2.38. The van der Waals surface area contributed by atoms with E-state index in [2.05, 4.69) is 27.2 Å². The highest BCUT2D eigenvalue weighted by atomic mass is 32.2. The number of aliphatic hydroxyl groups is 1. The first-order valence-corrected chi connectivity index (χ1v) is 15.3. The average Bonchev–Trinajstić information content (AvgIpc) is 3.40. The molecule has 5 rings (SSSR count). The number of nitrogens with one attached hydrogen (secondary N) is 1. The molecule has 12 heteroatoms. The Bertz CT molecular complexity index is 1500. The van der Waals surface area contributed by atoms with Gasteiger partial charge in [-0.05, 0) is 39.2 Å². The molecular weight excluding hydrogens is 550 g/mol. The molecule has 1 aliphatic rings. The lowest BCUT2D eigenvalue weighted by atomic mass is 9.91. The van der Waals surface area contributed by atoms with Crippen molar-refractivity contribution in [3.8, 4) is 0 Å². The number of aryl methyl sites for hydroxylation is 1. The van der Waals surface area contributed by atoms with E-state index >= 15 is 0 Å². The number of aromatic nitrogens is 4. The molecular formula is C28H31N5O5S2. The Balaban J connectivity index is 1.32. The van der Waals surface area contributed by atoms with Crippen LogP contribution in [-0.2, 0) is 39.7 Å². The van der Waals surface area contributed by atoms with Gasteiger partial charge >= 0.3 is 0 Å². The zero-order valence-corrected chi connectivity index (χ0v) is 23.8. The van der Waals surface area contributed by atoms with Crippen molar-refractivity contribution in [3.05, 3.63) is 101 Å². The Labute approximate surface area is 237 Å². The van der Waals surface area contributed by atoms with Crippen molar-refractivity contribution in [1.82, 2.24) is 24.9 Å². The minimum atomic E-state index is -3.61. The van der Waals surface area contributed by atoms with Gasteiger partial charge in [-0.25, -0.2) is 17.8 Å². The van der Waals surface area contributed by atoms with E-state index < -0.39 is 16.3 Å². The van der Waals surface area contributed by atoms with E-state index in [1.165, 1.54) is 11.8 Å². The van der Waals surface area contributed by atoms with E-state index in [0.29, 0.717) is 10.9 Å². The SMILES string of the molecule is C[C@H]1[C@@H](CSc2nnnn2C)O[C@@H](c2ccc(CNS(=O)(=O)c3ccccc3)cc2)O[C@H]1c1ccc(CO)cc1. The molecule has 4 atom stereocenters. The van der Waals surface area contributed by atoms with Crippen LogP contribution in [0.25, 0.3) is 0 Å². The Morgan fingerprint density at radius 1 is 0.950 bits per heavy atom. The molecule has 1 aromatic heterocycles. The summed E-state index contributed by atoms with van der Waals surface area (Å²) in [6.45, 7) is 2.24. The van der Waals surface area contributed by atoms with Crippen molar-refractivity contribution >= 4 is 21.8 Å². The quantitative estimate of drug-likeness (QED) is 0.269. The van der Waals surface area contributed by atoms with Gasteiger partial charge in [0.05, 0.1) is 23.7 Å². The third-order valence-electron chi connectivity index (χ3n) is 6.85. The van der Waals surface area contributed by atoms with Crippen LogP contribution in [0.3, 0.4) is 0 Å². The van der Waals surface area contributed by atoms with Crippen molar-refractivity contribution in [2.45, 2.75) is 48.6 Å². The van der Waals surface area contributed by atoms with E-state index in [9.17, 15) is 13.5 Å². The van der Waals surface area contributed by atoms with Crippen LogP contribution in [0.4, 0.5) is 0 Å². The number of ether oxygens (including phenoxy) is 2. The molecule has 0 bridgehead atoms. The summed E-state index contributed by atoms with van der Waals surface area (Å²) in [4.78, 5) is 0.226. The number of nitrogens with zero attached hydrogens (tertiary/aromatic N) is 4. The molecule has 40 heavy (non-hydrogen) atoms. The molecule has 1 fully saturated rings. The maximum absolute atomic E-state index is 12.6. The largest absolute Gasteiger partial charge is 0.392 e. The molecule has 0 aliphatic carbocycles. The van der Waals surface area contributed by atoms with Gasteiger partial charge in [0.15, 0.2) is 6.29 Å². The van der Waals surface area contributed by atoms with Gasteiger partial charge in [-0.3, -0.25) is 0 Å². The zero-order chi connectivity index (χ0) is 28.1. The molecule has 3 aromatic carbocycles. The third kappa shape index (κ3) is 6.60. The molecule has 0 unspecified atom stereocenters. The van der Waals surface area contributed by atoms with Gasteiger partial charge in [0.2, 0.25) is 15.2 Å². The highest BCUT2D eigenvalue weighted by Gasteiger charge is 2.38. The third-order valence-corrected chi connectivity index (χ3v) is 9.37. The molecule has 0 saturated carbocycles. The normalized spacial score (nSPS) is 21.4. The lowest BCUT2D eigenvalue weighted by molar-refractivity contribution is -0.268. The number of hydrogen-bond acceptors (Lipinski definition) is 9. The van der Waals surface area contributed by atoms with Crippen molar-refractivity contribution in [2.24, 2.45) is 13.0 Å². The second-order valence-electron chi connectivity index (χ2n) is 9.60. The number of benzene rings is 3. The fraction of sp³-hybridized carbons (Fsp3) is 0.321. The Hall–Kier alpha value is -3.13. The second kappa shape index (κ2) is 12.6. The van der Waals surface area contributed by atoms with Gasteiger partial charge in [0.25, 0.3) is 0 Å². The van der Waals surface area contributed by atoms with Crippen molar-refractivity contribution < 1.29 is 23.0 Å². The predicted octanol–water partition coefficient (Wildman–Crippen LogP) is 3.76. The molecule has 1 aliphatic heterocycles. The molecule has 0 radical (unpaired) electrons. The fourth-order valence-electron chi connectivity index (χ4n) is 4.46. The van der Waals surface area contributed by atoms with Gasteiger partial charge in [-0.1, -0.05) is 85.4 Å². The van der Waals surface area contributed by atoms with Crippen molar-refractivity contribution in [3.63, 3.8) is 0 Å². The topological polar surface area (TPSA) is 128 Å². The maximum atomic E-state index is 12.6. The predicted molar refractivity (Wildman–Crippen MR) is 149 cm³/mol. The second-order valence-corrected chi connectivity index (χ2v) is 12.4. The van der Waals surface area contributed by atoms with Gasteiger partial charge in [-0.2, -0.15) is 0 Å². The smallest absolute Gasteiger partial charge is 0.240 e. The number of aliphatic hydroxyl groups excluding tert-OH is 1. The summed E-state index contributed by atoms with van der Waals surface area (Å²) >= 11 is 1.52. The van der Waals surface area contributed by atoms with Gasteiger partial charge in [-0.15, -0.1) is 5.10 Å². The summed E-state index contributed by atoms with van der Waals surface area (Å²) < 4.78 is 42.4. The molecule has 10 nitrogen and oxygen atoms in total. The van der Waals surface area contributed by atoms with E-state index in [-0.39, 0.29) is 36.2 Å². The number of tetrazole rings is 1. The zero-order valence-electron chi connectivity index (χ0n) is 22.1. The van der Waals surface area contributed by atoms with E-state index in [1.54, 1.807) is 42.1 Å². The Morgan fingerprint density at radius 3 is 2.27 bits per heavy atom. The van der Waals surface area contributed by atoms with Crippen molar-refractivity contribution in [1.29, 1.82) is 0 Å². The van der Waals surface area contributed by atoms with Crippen molar-refractivity contribution in [2.75, 3.05) is 5.75 Å². The number of thioether (sulfide) groups is 1. The molecule has 1 saturated heterocycles. The summed E-state index contributed by atoms with van der Waals surface area (Å²) in [5.41, 5.74) is 3.47. The Kier molecular flexibility index (Phi) is 8.94. The molecule has 4 aromatic rings. The monoisotopic (exact) mass is 581 g/mol. The number of sulfonamides is 1. The molecule has 0 amide bonds. The summed E-state index contributed by atoms with van der Waals surface area (Å²) in [7, 11) is -1.81. The van der Waals surface area contributed by atoms with Crippen LogP contribution in [0.15, 0.2) is 88.9 Å². The minimum Gasteiger partial charge on any atom is -0.392 e. The van der Waals surface area contributed by atoms with E-state index in [4.69, 9.17) is 9.47 Å². The Morgan fingerprint density at radius 2 is 1.62 bits per heavy atom. The summed E-state index contributed by atoms with van der Waals surface area (Å²) in [6.07, 6.45) is -1.04. The number of hydrogen-bond donors (Lipinski definition) is 2. The van der Waals surface area contributed by atoms with Crippen LogP contribution in [0.5, 0.6) is 0 Å². The standard InChI is InChI=1S/C28H31N5O5S2/c1-19-25(18-39-28-30-31-32-33(28)2)37-27(38-26(19)22-12-10-21(17-34)11-13-22)23-14-8-20(9-15-23)16-29-40(35,36)24-6-4-3-5-7-24/h3-15,19,25-27,29,34H,16-18H2,1-2H3/t19-,25+,26+,27+/m0/s1. The van der Waals surface area contributed by atoms with Gasteiger partial charge in [0.1, 0.15) is 0 Å². The average molecular weight is 582 g/mol. The van der Waals surface area contributed by atoms with Crippen LogP contribution in [0, 0.1) is 5.92 Å². The highest BCUT2D eigenvalue weighted by molar-refractivity contribution is 7.99. The molecule has 0 spiro atoms. The summed E-state index contributed by atoms with van der Waals surface area (Å²) in [6, 6.07) is 23.6. The van der Waals surface area contributed by atoms with E-state index in [0.717, 1.165) is 22.3 Å². The van der Waals surface area contributed by atoms with E-state index in [1.807, 2.05) is 48.5 Å². The summed E-state index contributed by atoms with van der Waals surface area (Å²) in [5.74, 6) is 0.649. The molecule has 2 heterocycles. The lowest BCUT2D eigenvalue weighted by Gasteiger charge is -2.41. The van der Waals surface area contributed by atoms with Crippen LogP contribution < -0.4 is 4.72 Å². The molecule has 2 N–H and O–H groups in total. The van der Waals surface area contributed by atoms with Gasteiger partial charge in [0, 0.05) is 30.8 Å². The fourth-order valence-corrected chi connectivity index (χ4v) is 6.52. The highest BCUT2D eigenvalue weighted by Crippen LogP contribution is 2.42. The minimum absolute atomic E-state index is 0.0219.